The number of carbonyl (C=O) groups excluding carboxylic acids is 6. The summed E-state index contributed by atoms with van der Waals surface area (Å²) in [5.74, 6) is -5.59. The molecular formula is C22H19Cl4NO11. The zero-order chi connectivity index (χ0) is 28.6. The van der Waals surface area contributed by atoms with Crippen molar-refractivity contribution in [3.8, 4) is 0 Å². The van der Waals surface area contributed by atoms with Crippen LogP contribution in [0.3, 0.4) is 0 Å². The molecule has 0 aliphatic carbocycles. The van der Waals surface area contributed by atoms with E-state index in [0.717, 1.165) is 27.7 Å². The van der Waals surface area contributed by atoms with Gasteiger partial charge >= 0.3 is 23.9 Å². The Bertz CT molecular complexity index is 1190. The summed E-state index contributed by atoms with van der Waals surface area (Å²) in [6, 6.07) is -1.74. The average Bonchev–Trinajstić information content (AvgIpc) is 3.06. The van der Waals surface area contributed by atoms with Crippen molar-refractivity contribution in [1.29, 1.82) is 0 Å². The second-order valence-electron chi connectivity index (χ2n) is 8.08. The van der Waals surface area contributed by atoms with Gasteiger partial charge in [0.2, 0.25) is 6.29 Å². The molecule has 0 N–H and O–H groups in total. The molecule has 38 heavy (non-hydrogen) atoms. The third kappa shape index (κ3) is 5.69. The van der Waals surface area contributed by atoms with Crippen molar-refractivity contribution >= 4 is 82.1 Å². The maximum absolute atomic E-state index is 13.6. The first-order chi connectivity index (χ1) is 17.7. The number of nitrogens with zero attached hydrogens (tertiary/aromatic N) is 1. The van der Waals surface area contributed by atoms with Crippen LogP contribution in [0.15, 0.2) is 0 Å². The van der Waals surface area contributed by atoms with Gasteiger partial charge in [0.1, 0.15) is 18.8 Å². The van der Waals surface area contributed by atoms with Crippen LogP contribution in [-0.2, 0) is 42.9 Å². The van der Waals surface area contributed by atoms with Gasteiger partial charge in [-0.15, -0.1) is 0 Å². The molecule has 1 aromatic carbocycles. The molecule has 0 saturated carbocycles. The van der Waals surface area contributed by atoms with E-state index in [4.69, 9.17) is 70.1 Å². The van der Waals surface area contributed by atoms with Crippen LogP contribution in [0.25, 0.3) is 0 Å². The Morgan fingerprint density at radius 2 is 1.16 bits per heavy atom. The van der Waals surface area contributed by atoms with Gasteiger partial charge in [0.05, 0.1) is 31.2 Å². The lowest BCUT2D eigenvalue weighted by Gasteiger charge is -2.46. The van der Waals surface area contributed by atoms with Crippen molar-refractivity contribution in [2.45, 2.75) is 58.3 Å². The smallest absolute Gasteiger partial charge is 0.305 e. The Morgan fingerprint density at radius 3 is 1.58 bits per heavy atom. The first-order valence-electron chi connectivity index (χ1n) is 10.7. The van der Waals surface area contributed by atoms with Crippen LogP contribution in [0.2, 0.25) is 20.1 Å². The van der Waals surface area contributed by atoms with Gasteiger partial charge in [0.15, 0.2) is 12.2 Å². The summed E-state index contributed by atoms with van der Waals surface area (Å²) >= 11 is 24.6. The van der Waals surface area contributed by atoms with Crippen molar-refractivity contribution in [3.63, 3.8) is 0 Å². The molecule has 2 heterocycles. The molecule has 1 unspecified atom stereocenters. The zero-order valence-corrected chi connectivity index (χ0v) is 23.1. The van der Waals surface area contributed by atoms with Crippen molar-refractivity contribution in [1.82, 2.24) is 4.90 Å². The van der Waals surface area contributed by atoms with E-state index in [1.807, 2.05) is 0 Å². The number of imide groups is 1. The number of hydrogen-bond acceptors (Lipinski definition) is 11. The summed E-state index contributed by atoms with van der Waals surface area (Å²) in [5.41, 5.74) is -0.824. The lowest BCUT2D eigenvalue weighted by molar-refractivity contribution is -0.278. The highest BCUT2D eigenvalue weighted by Gasteiger charge is 2.59. The minimum atomic E-state index is -1.80. The number of ether oxygens (including phenoxy) is 5. The van der Waals surface area contributed by atoms with Gasteiger partial charge in [-0.3, -0.25) is 33.7 Å². The summed E-state index contributed by atoms with van der Waals surface area (Å²) in [6.45, 7) is 3.61. The van der Waals surface area contributed by atoms with Crippen LogP contribution in [-0.4, -0.2) is 77.8 Å². The highest BCUT2D eigenvalue weighted by molar-refractivity contribution is 6.55. The second-order valence-corrected chi connectivity index (χ2v) is 9.59. The highest BCUT2D eigenvalue weighted by atomic mass is 35.5. The Kier molecular flexibility index (Phi) is 9.15. The van der Waals surface area contributed by atoms with Crippen LogP contribution in [0, 0.1) is 0 Å². The van der Waals surface area contributed by atoms with Crippen LogP contribution < -0.4 is 0 Å². The van der Waals surface area contributed by atoms with E-state index >= 15 is 0 Å². The van der Waals surface area contributed by atoms with Gasteiger partial charge in [0, 0.05) is 27.7 Å². The molecule has 1 aromatic rings. The van der Waals surface area contributed by atoms with E-state index in [2.05, 4.69) is 0 Å². The summed E-state index contributed by atoms with van der Waals surface area (Å²) < 4.78 is 26.6. The standard InChI is InChI=1S/C22H19Cl4NO11/c1-6(28)34-5-10-18(35-7(2)29)19(36-8(3)30)17(22(38-10)37-9(4)31)27-20(32)11-12(21(27)33)14(24)16(26)15(25)13(11)23/h10,17-19,22H,5H2,1-4H3/t10-,17-,18+,19-,22?/m1/s1. The van der Waals surface area contributed by atoms with E-state index in [9.17, 15) is 28.8 Å². The van der Waals surface area contributed by atoms with E-state index in [1.54, 1.807) is 0 Å². The molecule has 3 rings (SSSR count). The number of benzene rings is 1. The summed E-state index contributed by atoms with van der Waals surface area (Å²) in [7, 11) is 0. The SMILES string of the molecule is CC(=O)OC[C@H]1OC(OC(C)=O)[C@H](N2C(=O)c3c(Cl)c(Cl)c(Cl)c(Cl)c3C2=O)[C@@H](OC(C)=O)[C@H]1OC(C)=O. The molecule has 0 aromatic heterocycles. The van der Waals surface area contributed by atoms with Crippen LogP contribution in [0.1, 0.15) is 48.4 Å². The third-order valence-electron chi connectivity index (χ3n) is 5.38. The fraction of sp³-hybridized carbons (Fsp3) is 0.455. The molecule has 5 atom stereocenters. The zero-order valence-electron chi connectivity index (χ0n) is 20.0. The number of esters is 4. The van der Waals surface area contributed by atoms with E-state index in [0.29, 0.717) is 4.90 Å². The van der Waals surface area contributed by atoms with Crippen LogP contribution in [0.4, 0.5) is 0 Å². The predicted octanol–water partition coefficient (Wildman–Crippen LogP) is 2.98. The maximum atomic E-state index is 13.6. The fourth-order valence-electron chi connectivity index (χ4n) is 4.05. The summed E-state index contributed by atoms with van der Waals surface area (Å²) in [5, 5.41) is -1.36. The quantitative estimate of drug-likeness (QED) is 0.153. The van der Waals surface area contributed by atoms with Gasteiger partial charge in [-0.1, -0.05) is 46.4 Å². The van der Waals surface area contributed by atoms with Crippen molar-refractivity contribution in [2.75, 3.05) is 6.61 Å². The second kappa shape index (κ2) is 11.6. The molecule has 0 radical (unpaired) electrons. The lowest BCUT2D eigenvalue weighted by Crippen LogP contribution is -2.67. The van der Waals surface area contributed by atoms with Crippen molar-refractivity contribution in [2.24, 2.45) is 0 Å². The lowest BCUT2D eigenvalue weighted by atomic mass is 9.94. The largest absolute Gasteiger partial charge is 0.463 e. The Balaban J connectivity index is 2.21. The number of amides is 2. The molecule has 16 heteroatoms. The molecule has 1 saturated heterocycles. The predicted molar refractivity (Wildman–Crippen MR) is 129 cm³/mol. The summed E-state index contributed by atoms with van der Waals surface area (Å²) in [4.78, 5) is 75.2. The number of rotatable bonds is 6. The molecule has 2 amide bonds. The Labute approximate surface area is 235 Å². The summed E-state index contributed by atoms with van der Waals surface area (Å²) in [6.07, 6.45) is -6.38. The number of carbonyl (C=O) groups is 6. The van der Waals surface area contributed by atoms with Crippen molar-refractivity contribution < 1.29 is 52.5 Å². The molecule has 2 aliphatic heterocycles. The first-order valence-corrected chi connectivity index (χ1v) is 12.2. The van der Waals surface area contributed by atoms with E-state index in [-0.39, 0.29) is 20.1 Å². The molecule has 2 aliphatic rings. The molecule has 0 spiro atoms. The topological polar surface area (TPSA) is 152 Å². The average molecular weight is 615 g/mol. The molecule has 12 nitrogen and oxygen atoms in total. The fourth-order valence-corrected chi connectivity index (χ4v) is 5.07. The third-order valence-corrected chi connectivity index (χ3v) is 7.18. The van der Waals surface area contributed by atoms with E-state index in [1.165, 1.54) is 0 Å². The molecular weight excluding hydrogens is 596 g/mol. The van der Waals surface area contributed by atoms with E-state index < -0.39 is 84.1 Å². The highest BCUT2D eigenvalue weighted by Crippen LogP contribution is 2.46. The minimum absolute atomic E-state index is 0.299. The van der Waals surface area contributed by atoms with Gasteiger partial charge in [-0.05, 0) is 0 Å². The first kappa shape index (κ1) is 29.9. The number of fused-ring (bicyclic) bond motifs is 1. The van der Waals surface area contributed by atoms with Gasteiger partial charge < -0.3 is 23.7 Å². The van der Waals surface area contributed by atoms with Gasteiger partial charge in [-0.25, -0.2) is 0 Å². The van der Waals surface area contributed by atoms with Crippen molar-refractivity contribution in [3.05, 3.63) is 31.2 Å². The maximum Gasteiger partial charge on any atom is 0.305 e. The normalized spacial score (nSPS) is 24.5. The van der Waals surface area contributed by atoms with Gasteiger partial charge in [-0.2, -0.15) is 0 Å². The number of halogens is 4. The van der Waals surface area contributed by atoms with Gasteiger partial charge in [0.25, 0.3) is 11.8 Å². The molecule has 0 bridgehead atoms. The Morgan fingerprint density at radius 1 is 0.711 bits per heavy atom. The molecule has 1 fully saturated rings. The van der Waals surface area contributed by atoms with Crippen LogP contribution in [0.5, 0.6) is 0 Å². The minimum Gasteiger partial charge on any atom is -0.463 e. The van der Waals surface area contributed by atoms with Crippen LogP contribution >= 0.6 is 46.4 Å². The monoisotopic (exact) mass is 613 g/mol. The number of hydrogen-bond donors (Lipinski definition) is 0. The Hall–Kier alpha value is -2.64. The molecule has 206 valence electrons.